The first-order chi connectivity index (χ1) is 26.8. The van der Waals surface area contributed by atoms with Crippen LogP contribution in [0.4, 0.5) is 0 Å². The summed E-state index contributed by atoms with van der Waals surface area (Å²) in [7, 11) is 0. The highest BCUT2D eigenvalue weighted by Crippen LogP contribution is 2.64. The molecule has 1 unspecified atom stereocenters. The monoisotopic (exact) mass is 692 g/mol. The molecule has 1 heterocycles. The number of benzene rings is 8. The standard InChI is InChI=1S/C53H40O/c1-2-11-36-32(10-1)20-23-44-50(36)46-29-33(21-22-42(46)52(44)48-34-25-30-24-31(27-34)28-35(48)26-30)49-38-13-3-5-15-40(38)51(41-16-6-4-14-39(41)49)45-18-9-17-43-37-12-7-8-19-47(37)54-53(43)45/h1-23,29-31,34-35,48,52H,24-28H2. The first kappa shape index (κ1) is 29.8. The Morgan fingerprint density at radius 2 is 1.00 bits per heavy atom. The highest BCUT2D eigenvalue weighted by atomic mass is 16.3. The van der Waals surface area contributed by atoms with E-state index in [0.29, 0.717) is 5.92 Å². The Kier molecular flexibility index (Phi) is 6.04. The van der Waals surface area contributed by atoms with Gasteiger partial charge in [0, 0.05) is 27.8 Å². The van der Waals surface area contributed by atoms with Crippen molar-refractivity contribution in [3.8, 4) is 33.4 Å². The van der Waals surface area contributed by atoms with Crippen LogP contribution >= 0.6 is 0 Å². The van der Waals surface area contributed by atoms with Crippen LogP contribution in [0.5, 0.6) is 0 Å². The lowest BCUT2D eigenvalue weighted by molar-refractivity contribution is -0.0424. The lowest BCUT2D eigenvalue weighted by atomic mass is 9.49. The molecule has 5 aliphatic rings. The van der Waals surface area contributed by atoms with Crippen molar-refractivity contribution in [3.05, 3.63) is 157 Å². The zero-order chi connectivity index (χ0) is 35.1. The third-order valence-corrected chi connectivity index (χ3v) is 14.5. The molecule has 1 atom stereocenters. The second-order valence-corrected chi connectivity index (χ2v) is 17.2. The van der Waals surface area contributed by atoms with Crippen LogP contribution < -0.4 is 0 Å². The number of hydrogen-bond acceptors (Lipinski definition) is 1. The maximum Gasteiger partial charge on any atom is 0.143 e. The van der Waals surface area contributed by atoms with E-state index in [2.05, 4.69) is 146 Å². The number of para-hydroxylation sites is 2. The summed E-state index contributed by atoms with van der Waals surface area (Å²) in [5, 5.41) is 10.2. The first-order valence-corrected chi connectivity index (χ1v) is 20.3. The van der Waals surface area contributed by atoms with E-state index in [4.69, 9.17) is 4.42 Å². The molecular formula is C53H40O. The Bertz CT molecular complexity index is 2950. The van der Waals surface area contributed by atoms with Gasteiger partial charge in [0.05, 0.1) is 0 Å². The lowest BCUT2D eigenvalue weighted by Gasteiger charge is -2.56. The van der Waals surface area contributed by atoms with Crippen LogP contribution in [0.1, 0.15) is 49.1 Å². The molecule has 0 saturated heterocycles. The summed E-state index contributed by atoms with van der Waals surface area (Å²) in [6.45, 7) is 0. The third kappa shape index (κ3) is 4.00. The molecule has 0 N–H and O–H groups in total. The maximum atomic E-state index is 6.67. The average molecular weight is 693 g/mol. The smallest absolute Gasteiger partial charge is 0.143 e. The Balaban J connectivity index is 1.07. The normalized spacial score (nSPS) is 23.9. The van der Waals surface area contributed by atoms with Gasteiger partial charge in [-0.3, -0.25) is 0 Å². The molecule has 54 heavy (non-hydrogen) atoms. The van der Waals surface area contributed by atoms with Crippen molar-refractivity contribution in [1.29, 1.82) is 0 Å². The summed E-state index contributed by atoms with van der Waals surface area (Å²) in [4.78, 5) is 0. The molecule has 14 rings (SSSR count). The summed E-state index contributed by atoms with van der Waals surface area (Å²) < 4.78 is 6.67. The van der Waals surface area contributed by atoms with Crippen LogP contribution in [0.15, 0.2) is 150 Å². The fourth-order valence-electron chi connectivity index (χ4n) is 12.8. The van der Waals surface area contributed by atoms with Crippen molar-refractivity contribution >= 4 is 54.3 Å². The highest BCUT2D eigenvalue weighted by Gasteiger charge is 2.52. The molecule has 4 fully saturated rings. The SMILES string of the molecule is c1ccc2c3c(ccc2c1)C(C1C2CC4CC(C2)CC1C4)c1ccc(-c2c4ccccc4c(-c4cccc5c4oc4ccccc45)c4ccccc24)cc1-3. The third-order valence-electron chi connectivity index (χ3n) is 14.5. The molecule has 0 radical (unpaired) electrons. The molecule has 1 nitrogen and oxygen atoms in total. The summed E-state index contributed by atoms with van der Waals surface area (Å²) >= 11 is 0. The Morgan fingerprint density at radius 3 is 1.72 bits per heavy atom. The second kappa shape index (κ2) is 11.0. The van der Waals surface area contributed by atoms with Crippen molar-refractivity contribution in [1.82, 2.24) is 0 Å². The summed E-state index contributed by atoms with van der Waals surface area (Å²) in [5.74, 6) is 4.94. The molecule has 5 aliphatic carbocycles. The molecule has 8 aromatic carbocycles. The molecule has 4 bridgehead atoms. The van der Waals surface area contributed by atoms with Crippen molar-refractivity contribution < 1.29 is 4.42 Å². The van der Waals surface area contributed by atoms with Gasteiger partial charge in [0.15, 0.2) is 0 Å². The molecule has 0 aliphatic heterocycles. The van der Waals surface area contributed by atoms with Gasteiger partial charge in [-0.1, -0.05) is 133 Å². The zero-order valence-corrected chi connectivity index (χ0v) is 30.3. The lowest BCUT2D eigenvalue weighted by Crippen LogP contribution is -2.47. The van der Waals surface area contributed by atoms with E-state index in [1.54, 1.807) is 11.1 Å². The van der Waals surface area contributed by atoms with Crippen LogP contribution in [0, 0.1) is 29.6 Å². The quantitative estimate of drug-likeness (QED) is 0.168. The summed E-state index contributed by atoms with van der Waals surface area (Å²) in [5.41, 5.74) is 13.0. The molecule has 258 valence electrons. The molecule has 1 aromatic heterocycles. The molecule has 0 amide bonds. The predicted octanol–water partition coefficient (Wildman–Crippen LogP) is 14.6. The number of rotatable bonds is 3. The van der Waals surface area contributed by atoms with Gasteiger partial charge in [-0.25, -0.2) is 0 Å². The number of fused-ring (bicyclic) bond motifs is 10. The van der Waals surface area contributed by atoms with Gasteiger partial charge in [0.2, 0.25) is 0 Å². The van der Waals surface area contributed by atoms with Crippen molar-refractivity contribution in [3.63, 3.8) is 0 Å². The van der Waals surface area contributed by atoms with Crippen molar-refractivity contribution in [2.24, 2.45) is 29.6 Å². The van der Waals surface area contributed by atoms with Crippen LogP contribution in [0.25, 0.3) is 87.6 Å². The summed E-state index contributed by atoms with van der Waals surface area (Å²) in [6, 6.07) is 54.9. The topological polar surface area (TPSA) is 13.1 Å². The zero-order valence-electron chi connectivity index (χ0n) is 30.3. The van der Waals surface area contributed by atoms with Gasteiger partial charge < -0.3 is 4.42 Å². The fraction of sp³-hybridized carbons (Fsp3) is 0.208. The maximum absolute atomic E-state index is 6.67. The second-order valence-electron chi connectivity index (χ2n) is 17.2. The number of furan rings is 1. The van der Waals surface area contributed by atoms with Crippen LogP contribution in [-0.2, 0) is 0 Å². The van der Waals surface area contributed by atoms with Gasteiger partial charge in [0.25, 0.3) is 0 Å². The van der Waals surface area contributed by atoms with Gasteiger partial charge in [-0.15, -0.1) is 0 Å². The predicted molar refractivity (Wildman–Crippen MR) is 225 cm³/mol. The van der Waals surface area contributed by atoms with Gasteiger partial charge >= 0.3 is 0 Å². The Hall–Kier alpha value is -5.66. The summed E-state index contributed by atoms with van der Waals surface area (Å²) in [6.07, 6.45) is 7.32. The van der Waals surface area contributed by atoms with E-state index >= 15 is 0 Å². The molecule has 0 spiro atoms. The molecule has 4 saturated carbocycles. The van der Waals surface area contributed by atoms with Crippen molar-refractivity contribution in [2.45, 2.75) is 38.0 Å². The average Bonchev–Trinajstić information content (AvgIpc) is 3.76. The van der Waals surface area contributed by atoms with E-state index in [-0.39, 0.29) is 0 Å². The molecule has 9 aromatic rings. The minimum Gasteiger partial charge on any atom is -0.455 e. The van der Waals surface area contributed by atoms with Gasteiger partial charge in [0.1, 0.15) is 11.2 Å². The van der Waals surface area contributed by atoms with Crippen LogP contribution in [0.2, 0.25) is 0 Å². The van der Waals surface area contributed by atoms with Gasteiger partial charge in [-0.2, -0.15) is 0 Å². The first-order valence-electron chi connectivity index (χ1n) is 20.3. The number of hydrogen-bond donors (Lipinski definition) is 0. The minimum atomic E-state index is 0.490. The van der Waals surface area contributed by atoms with E-state index in [9.17, 15) is 0 Å². The largest absolute Gasteiger partial charge is 0.455 e. The van der Waals surface area contributed by atoms with E-state index in [1.807, 2.05) is 0 Å². The van der Waals surface area contributed by atoms with E-state index in [0.717, 1.165) is 51.7 Å². The molecule has 1 heteroatoms. The minimum absolute atomic E-state index is 0.490. The molecular weight excluding hydrogens is 653 g/mol. The van der Waals surface area contributed by atoms with Crippen molar-refractivity contribution in [2.75, 3.05) is 0 Å². The highest BCUT2D eigenvalue weighted by molar-refractivity contribution is 6.24. The Labute approximate surface area is 315 Å². The Morgan fingerprint density at radius 1 is 0.407 bits per heavy atom. The van der Waals surface area contributed by atoms with Crippen LogP contribution in [0.3, 0.4) is 0 Å². The fourth-order valence-corrected chi connectivity index (χ4v) is 12.8. The van der Waals surface area contributed by atoms with E-state index < -0.39 is 0 Å². The van der Waals surface area contributed by atoms with Crippen LogP contribution in [-0.4, -0.2) is 0 Å². The van der Waals surface area contributed by atoms with E-state index in [1.165, 1.54) is 97.6 Å². The van der Waals surface area contributed by atoms with Gasteiger partial charge in [-0.05, 0) is 140 Å².